The lowest BCUT2D eigenvalue weighted by Gasteiger charge is -2.39. The third kappa shape index (κ3) is 6.22. The lowest BCUT2D eigenvalue weighted by Crippen LogP contribution is -2.41. The number of alkyl halides is 3. The SMILES string of the molecule is C[C@H]1CCC(OS(=O)(=O)C(F)(F)F)=C[C@]1(C)CCCO[Si](C)(C)C(C)(C)C. The molecule has 0 aromatic heterocycles. The van der Waals surface area contributed by atoms with Gasteiger partial charge >= 0.3 is 15.6 Å². The highest BCUT2D eigenvalue weighted by molar-refractivity contribution is 7.87. The van der Waals surface area contributed by atoms with Gasteiger partial charge in [0.05, 0.1) is 0 Å². The summed E-state index contributed by atoms with van der Waals surface area (Å²) in [6, 6.07) is 0. The Labute approximate surface area is 162 Å². The van der Waals surface area contributed by atoms with Crippen LogP contribution in [-0.4, -0.2) is 28.9 Å². The van der Waals surface area contributed by atoms with Crippen molar-refractivity contribution in [2.45, 2.75) is 83.9 Å². The molecule has 1 rings (SSSR count). The van der Waals surface area contributed by atoms with Gasteiger partial charge in [0.1, 0.15) is 5.76 Å². The number of allylic oxidation sites excluding steroid dienone is 2. The van der Waals surface area contributed by atoms with Gasteiger partial charge in [-0.25, -0.2) is 0 Å². The van der Waals surface area contributed by atoms with Crippen LogP contribution < -0.4 is 0 Å². The maximum Gasteiger partial charge on any atom is 0.534 e. The number of hydrogen-bond acceptors (Lipinski definition) is 4. The second-order valence-corrected chi connectivity index (χ2v) is 15.6. The molecular formula is C18H33F3O4SSi. The predicted molar refractivity (Wildman–Crippen MR) is 103 cm³/mol. The topological polar surface area (TPSA) is 52.6 Å². The van der Waals surface area contributed by atoms with Crippen LogP contribution in [0.15, 0.2) is 11.8 Å². The molecule has 1 aliphatic rings. The van der Waals surface area contributed by atoms with E-state index in [4.69, 9.17) is 4.43 Å². The maximum atomic E-state index is 12.6. The lowest BCUT2D eigenvalue weighted by atomic mass is 9.69. The highest BCUT2D eigenvalue weighted by atomic mass is 32.2. The van der Waals surface area contributed by atoms with E-state index in [0.29, 0.717) is 19.4 Å². The first-order chi connectivity index (χ1) is 11.9. The van der Waals surface area contributed by atoms with Gasteiger partial charge in [0.2, 0.25) is 0 Å². The molecule has 0 bridgehead atoms. The fourth-order valence-corrected chi connectivity index (χ4v) is 4.44. The molecule has 0 amide bonds. The largest absolute Gasteiger partial charge is 0.534 e. The smallest absolute Gasteiger partial charge is 0.417 e. The summed E-state index contributed by atoms with van der Waals surface area (Å²) in [5.41, 5.74) is -5.84. The zero-order valence-electron chi connectivity index (χ0n) is 17.4. The molecule has 27 heavy (non-hydrogen) atoms. The second-order valence-electron chi connectivity index (χ2n) is 9.25. The maximum absolute atomic E-state index is 12.6. The molecule has 2 atom stereocenters. The van der Waals surface area contributed by atoms with E-state index < -0.39 is 29.4 Å². The van der Waals surface area contributed by atoms with Crippen molar-refractivity contribution in [3.63, 3.8) is 0 Å². The van der Waals surface area contributed by atoms with E-state index in [1.54, 1.807) is 6.08 Å². The molecule has 0 fully saturated rings. The van der Waals surface area contributed by atoms with Gasteiger partial charge in [-0.3, -0.25) is 0 Å². The summed E-state index contributed by atoms with van der Waals surface area (Å²) < 4.78 is 70.8. The van der Waals surface area contributed by atoms with E-state index in [0.717, 1.165) is 6.42 Å². The first-order valence-corrected chi connectivity index (χ1v) is 13.6. The molecule has 0 unspecified atom stereocenters. The molecule has 0 saturated carbocycles. The van der Waals surface area contributed by atoms with E-state index in [1.807, 2.05) is 13.8 Å². The number of hydrogen-bond donors (Lipinski definition) is 0. The Bertz CT molecular complexity index is 650. The van der Waals surface area contributed by atoms with Crippen molar-refractivity contribution >= 4 is 18.4 Å². The van der Waals surface area contributed by atoms with E-state index in [1.165, 1.54) is 0 Å². The van der Waals surface area contributed by atoms with Crippen LogP contribution in [0, 0.1) is 11.3 Å². The average Bonchev–Trinajstić information content (AvgIpc) is 2.45. The van der Waals surface area contributed by atoms with Crippen molar-refractivity contribution in [1.82, 2.24) is 0 Å². The molecule has 0 N–H and O–H groups in total. The van der Waals surface area contributed by atoms with Crippen molar-refractivity contribution in [3.05, 3.63) is 11.8 Å². The third-order valence-electron chi connectivity index (χ3n) is 6.07. The Kier molecular flexibility index (Phi) is 7.31. The normalized spacial score (nSPS) is 25.3. The van der Waals surface area contributed by atoms with Crippen molar-refractivity contribution in [2.75, 3.05) is 6.61 Å². The van der Waals surface area contributed by atoms with Gasteiger partial charge in [0.25, 0.3) is 0 Å². The summed E-state index contributed by atoms with van der Waals surface area (Å²) >= 11 is 0. The molecule has 0 radical (unpaired) electrons. The van der Waals surface area contributed by atoms with Crippen molar-refractivity contribution < 1.29 is 30.2 Å². The minimum atomic E-state index is -5.61. The molecule has 4 nitrogen and oxygen atoms in total. The second kappa shape index (κ2) is 8.06. The van der Waals surface area contributed by atoms with Crippen LogP contribution >= 0.6 is 0 Å². The Hall–Kier alpha value is -0.543. The van der Waals surface area contributed by atoms with Gasteiger partial charge in [-0.2, -0.15) is 21.6 Å². The van der Waals surface area contributed by atoms with Gasteiger partial charge in [-0.1, -0.05) is 34.6 Å². The molecule has 0 saturated heterocycles. The van der Waals surface area contributed by atoms with Crippen LogP contribution in [0.3, 0.4) is 0 Å². The van der Waals surface area contributed by atoms with E-state index >= 15 is 0 Å². The summed E-state index contributed by atoms with van der Waals surface area (Å²) in [6.45, 7) is 15.4. The first-order valence-electron chi connectivity index (χ1n) is 9.28. The third-order valence-corrected chi connectivity index (χ3v) is 11.6. The first kappa shape index (κ1) is 24.5. The van der Waals surface area contributed by atoms with E-state index in [-0.39, 0.29) is 23.1 Å². The highest BCUT2D eigenvalue weighted by Crippen LogP contribution is 2.44. The van der Waals surface area contributed by atoms with Crippen molar-refractivity contribution in [2.24, 2.45) is 11.3 Å². The Morgan fingerprint density at radius 3 is 2.30 bits per heavy atom. The molecule has 160 valence electrons. The summed E-state index contributed by atoms with van der Waals surface area (Å²) in [5.74, 6) is 0.101. The molecule has 1 aliphatic carbocycles. The van der Waals surface area contributed by atoms with Gasteiger partial charge in [-0.05, 0) is 54.8 Å². The minimum absolute atomic E-state index is 0.113. The Balaban J connectivity index is 2.78. The van der Waals surface area contributed by atoms with Crippen molar-refractivity contribution in [3.8, 4) is 0 Å². The quantitative estimate of drug-likeness (QED) is 0.216. The zero-order chi connectivity index (χ0) is 21.3. The molecule has 0 aliphatic heterocycles. The molecule has 0 aromatic rings. The molecule has 0 heterocycles. The monoisotopic (exact) mass is 430 g/mol. The fourth-order valence-electron chi connectivity index (χ4n) is 2.84. The molecule has 9 heteroatoms. The van der Waals surface area contributed by atoms with E-state index in [9.17, 15) is 21.6 Å². The number of rotatable bonds is 7. The van der Waals surface area contributed by atoms with E-state index in [2.05, 4.69) is 38.0 Å². The van der Waals surface area contributed by atoms with Crippen LogP contribution in [0.4, 0.5) is 13.2 Å². The van der Waals surface area contributed by atoms with Gasteiger partial charge < -0.3 is 8.61 Å². The minimum Gasteiger partial charge on any atom is -0.417 e. The summed E-state index contributed by atoms with van der Waals surface area (Å²) in [6.07, 6.45) is 3.78. The summed E-state index contributed by atoms with van der Waals surface area (Å²) in [7, 11) is -7.46. The highest BCUT2D eigenvalue weighted by Gasteiger charge is 2.49. The average molecular weight is 431 g/mol. The molecule has 0 spiro atoms. The summed E-state index contributed by atoms with van der Waals surface area (Å²) in [5, 5.41) is 0.113. The van der Waals surface area contributed by atoms with Gasteiger partial charge in [0, 0.05) is 13.0 Å². The fraction of sp³-hybridized carbons (Fsp3) is 0.889. The van der Waals surface area contributed by atoms with Crippen LogP contribution in [0.2, 0.25) is 18.1 Å². The van der Waals surface area contributed by atoms with Gasteiger partial charge in [0.15, 0.2) is 8.32 Å². The predicted octanol–water partition coefficient (Wildman–Crippen LogP) is 5.97. The standard InChI is InChI=1S/C18H33F3O4SSi/c1-14-9-10-15(25-26(22,23)18(19,20)21)13-17(14,5)11-8-12-24-27(6,7)16(2,3)4/h13-14H,8-12H2,1-7H3/t14-,17-/m0/s1. The van der Waals surface area contributed by atoms with Crippen LogP contribution in [0.1, 0.15) is 60.3 Å². The molecule has 0 aromatic carbocycles. The van der Waals surface area contributed by atoms with Crippen LogP contribution in [0.25, 0.3) is 0 Å². The Morgan fingerprint density at radius 2 is 1.81 bits per heavy atom. The lowest BCUT2D eigenvalue weighted by molar-refractivity contribution is -0.0526. The Morgan fingerprint density at radius 1 is 1.26 bits per heavy atom. The number of halogens is 3. The van der Waals surface area contributed by atoms with Crippen LogP contribution in [-0.2, 0) is 18.7 Å². The van der Waals surface area contributed by atoms with Crippen molar-refractivity contribution in [1.29, 1.82) is 0 Å². The molecular weight excluding hydrogens is 397 g/mol. The summed E-state index contributed by atoms with van der Waals surface area (Å²) in [4.78, 5) is 0. The van der Waals surface area contributed by atoms with Crippen LogP contribution in [0.5, 0.6) is 0 Å². The zero-order valence-corrected chi connectivity index (χ0v) is 19.2. The van der Waals surface area contributed by atoms with Gasteiger partial charge in [-0.15, -0.1) is 0 Å².